The van der Waals surface area contributed by atoms with E-state index in [4.69, 9.17) is 9.47 Å². The number of hydrogen-bond acceptors (Lipinski definition) is 4. The maximum absolute atomic E-state index is 13.8. The second kappa shape index (κ2) is 9.03. The Kier molecular flexibility index (Phi) is 5.80. The predicted octanol–water partition coefficient (Wildman–Crippen LogP) is 6.20. The van der Waals surface area contributed by atoms with Crippen molar-refractivity contribution in [2.75, 3.05) is 19.1 Å². The fraction of sp³-hybridized carbons (Fsp3) is 0.226. The van der Waals surface area contributed by atoms with Crippen LogP contribution in [0.1, 0.15) is 16.7 Å². The van der Waals surface area contributed by atoms with E-state index in [1.54, 1.807) is 14.2 Å². The molecule has 6 heteroatoms. The normalized spacial score (nSPS) is 23.6. The van der Waals surface area contributed by atoms with Gasteiger partial charge in [-0.3, -0.25) is 9.59 Å². The number of carbonyl (C=O) groups excluding carboxylic acids is 2. The lowest BCUT2D eigenvalue weighted by Crippen LogP contribution is -2.33. The summed E-state index contributed by atoms with van der Waals surface area (Å²) in [7, 11) is 3.30. The van der Waals surface area contributed by atoms with E-state index in [2.05, 4.69) is 28.1 Å². The number of ether oxygens (including phenoxy) is 2. The largest absolute Gasteiger partial charge is 0.497 e. The number of carbonyl (C=O) groups is 2. The molecule has 4 atom stereocenters. The second-order valence-electron chi connectivity index (χ2n) is 9.72. The highest BCUT2D eigenvalue weighted by molar-refractivity contribution is 9.10. The average molecular weight is 556 g/mol. The number of anilines is 1. The monoisotopic (exact) mass is 555 g/mol. The maximum Gasteiger partial charge on any atom is 0.238 e. The lowest BCUT2D eigenvalue weighted by Gasteiger charge is -2.22. The molecule has 2 fully saturated rings. The van der Waals surface area contributed by atoms with Crippen LogP contribution >= 0.6 is 15.9 Å². The van der Waals surface area contributed by atoms with E-state index in [-0.39, 0.29) is 23.7 Å². The van der Waals surface area contributed by atoms with Crippen molar-refractivity contribution in [1.29, 1.82) is 0 Å². The third-order valence-corrected chi connectivity index (χ3v) is 8.73. The Morgan fingerprint density at radius 2 is 1.24 bits per heavy atom. The number of methoxy groups -OCH3 is 2. The molecule has 0 unspecified atom stereocenters. The molecule has 1 saturated carbocycles. The molecule has 6 rings (SSSR count). The van der Waals surface area contributed by atoms with Crippen LogP contribution in [0.2, 0.25) is 0 Å². The Morgan fingerprint density at radius 3 is 1.68 bits per heavy atom. The Bertz CT molecular complexity index is 1390. The molecule has 3 aromatic rings. The zero-order valence-electron chi connectivity index (χ0n) is 20.8. The van der Waals surface area contributed by atoms with E-state index in [1.165, 1.54) is 4.90 Å². The van der Waals surface area contributed by atoms with Gasteiger partial charge in [0, 0.05) is 16.3 Å². The molecule has 37 heavy (non-hydrogen) atoms. The van der Waals surface area contributed by atoms with E-state index in [0.717, 1.165) is 43.8 Å². The number of allylic oxidation sites excluding steroid dienone is 3. The van der Waals surface area contributed by atoms with Crippen LogP contribution in [0, 0.1) is 30.6 Å². The molecule has 0 N–H and O–H groups in total. The van der Waals surface area contributed by atoms with Crippen molar-refractivity contribution in [2.45, 2.75) is 6.92 Å². The highest BCUT2D eigenvalue weighted by Gasteiger charge is 2.62. The molecule has 1 aliphatic heterocycles. The predicted molar refractivity (Wildman–Crippen MR) is 146 cm³/mol. The molecule has 0 spiro atoms. The van der Waals surface area contributed by atoms with Gasteiger partial charge in [-0.15, -0.1) is 0 Å². The number of amides is 2. The minimum atomic E-state index is -0.399. The molecule has 3 aromatic carbocycles. The molecule has 2 aliphatic carbocycles. The summed E-state index contributed by atoms with van der Waals surface area (Å²) < 4.78 is 11.6. The molecule has 1 heterocycles. The van der Waals surface area contributed by atoms with Gasteiger partial charge in [0.25, 0.3) is 0 Å². The summed E-state index contributed by atoms with van der Waals surface area (Å²) in [6.45, 7) is 1.98. The smallest absolute Gasteiger partial charge is 0.238 e. The van der Waals surface area contributed by atoms with E-state index in [1.807, 2.05) is 73.7 Å². The van der Waals surface area contributed by atoms with Crippen LogP contribution in [0.25, 0.3) is 5.57 Å². The van der Waals surface area contributed by atoms with Crippen molar-refractivity contribution in [3.8, 4) is 11.5 Å². The van der Waals surface area contributed by atoms with Gasteiger partial charge in [-0.25, -0.2) is 4.90 Å². The Morgan fingerprint density at radius 1 is 0.757 bits per heavy atom. The quantitative estimate of drug-likeness (QED) is 0.278. The first kappa shape index (κ1) is 23.7. The lowest BCUT2D eigenvalue weighted by atomic mass is 9.85. The number of rotatable bonds is 5. The number of aryl methyl sites for hydroxylation is 1. The summed E-state index contributed by atoms with van der Waals surface area (Å²) in [6, 6.07) is 21.6. The van der Waals surface area contributed by atoms with Gasteiger partial charge >= 0.3 is 0 Å². The van der Waals surface area contributed by atoms with Crippen LogP contribution in [-0.2, 0) is 9.59 Å². The number of imide groups is 1. The van der Waals surface area contributed by atoms with Crippen LogP contribution in [-0.4, -0.2) is 26.0 Å². The minimum Gasteiger partial charge on any atom is -0.497 e. The summed E-state index contributed by atoms with van der Waals surface area (Å²) in [5, 5.41) is 0. The first-order valence-electron chi connectivity index (χ1n) is 12.3. The van der Waals surface area contributed by atoms with Gasteiger partial charge < -0.3 is 9.47 Å². The van der Waals surface area contributed by atoms with Gasteiger partial charge in [-0.2, -0.15) is 0 Å². The number of halogens is 1. The van der Waals surface area contributed by atoms with Crippen molar-refractivity contribution in [3.63, 3.8) is 0 Å². The fourth-order valence-corrected chi connectivity index (χ4v) is 6.45. The summed E-state index contributed by atoms with van der Waals surface area (Å²) in [4.78, 5) is 29.0. The topological polar surface area (TPSA) is 55.8 Å². The third-order valence-electron chi connectivity index (χ3n) is 7.88. The fourth-order valence-electron chi connectivity index (χ4n) is 6.09. The van der Waals surface area contributed by atoms with Crippen molar-refractivity contribution in [3.05, 3.63) is 106 Å². The van der Waals surface area contributed by atoms with Crippen LogP contribution < -0.4 is 14.4 Å². The highest BCUT2D eigenvalue weighted by Crippen LogP contribution is 2.59. The number of fused-ring (bicyclic) bond motifs is 5. The van der Waals surface area contributed by atoms with Crippen LogP contribution in [0.15, 0.2) is 88.9 Å². The maximum atomic E-state index is 13.8. The highest BCUT2D eigenvalue weighted by atomic mass is 79.9. The molecule has 2 bridgehead atoms. The van der Waals surface area contributed by atoms with Gasteiger partial charge in [0.05, 0.1) is 31.7 Å². The zero-order chi connectivity index (χ0) is 25.8. The van der Waals surface area contributed by atoms with Gasteiger partial charge in [0.2, 0.25) is 11.8 Å². The van der Waals surface area contributed by atoms with Gasteiger partial charge in [0.15, 0.2) is 0 Å². The van der Waals surface area contributed by atoms with E-state index >= 15 is 0 Å². The summed E-state index contributed by atoms with van der Waals surface area (Å²) in [6.07, 6.45) is 4.24. The first-order chi connectivity index (χ1) is 17.9. The second-order valence-corrected chi connectivity index (χ2v) is 10.6. The first-order valence-corrected chi connectivity index (χ1v) is 13.1. The molecule has 186 valence electrons. The van der Waals surface area contributed by atoms with Crippen molar-refractivity contribution in [2.24, 2.45) is 23.7 Å². The molecule has 0 radical (unpaired) electrons. The van der Waals surface area contributed by atoms with E-state index in [0.29, 0.717) is 5.69 Å². The average Bonchev–Trinajstić information content (AvgIpc) is 3.55. The number of hydrogen-bond donors (Lipinski definition) is 0. The lowest BCUT2D eigenvalue weighted by molar-refractivity contribution is -0.122. The zero-order valence-corrected chi connectivity index (χ0v) is 22.4. The van der Waals surface area contributed by atoms with Crippen molar-refractivity contribution >= 4 is 39.0 Å². The van der Waals surface area contributed by atoms with Crippen LogP contribution in [0.4, 0.5) is 5.69 Å². The number of benzene rings is 3. The van der Waals surface area contributed by atoms with Crippen molar-refractivity contribution in [1.82, 2.24) is 0 Å². The molecule has 1 saturated heterocycles. The Labute approximate surface area is 224 Å². The van der Waals surface area contributed by atoms with Gasteiger partial charge in [0.1, 0.15) is 11.5 Å². The molecule has 3 aliphatic rings. The van der Waals surface area contributed by atoms with Crippen molar-refractivity contribution < 1.29 is 19.1 Å². The number of nitrogens with zero attached hydrogens (tertiary/aromatic N) is 1. The van der Waals surface area contributed by atoms with Crippen LogP contribution in [0.5, 0.6) is 11.5 Å². The molecule has 5 nitrogen and oxygen atoms in total. The molecular weight excluding hydrogens is 530 g/mol. The standard InChI is InChI=1S/C31H26BrNO4/c1-17-4-9-20(16-25(17)32)33-30(34)28-23-14-15-24(29(28)31(33)35)27(23)26(18-5-10-21(36-2)11-6-18)19-7-12-22(37-3)13-8-19/h4-16,23-24,28-29H,1-3H3/t23-,24-,28+,29+/m1/s1. The summed E-state index contributed by atoms with van der Waals surface area (Å²) in [5.41, 5.74) is 5.93. The Balaban J connectivity index is 1.47. The Hall–Kier alpha value is -3.64. The third kappa shape index (κ3) is 3.65. The molecule has 2 amide bonds. The van der Waals surface area contributed by atoms with E-state index in [9.17, 15) is 9.59 Å². The van der Waals surface area contributed by atoms with Gasteiger partial charge in [-0.05, 0) is 71.2 Å². The van der Waals surface area contributed by atoms with Gasteiger partial charge in [-0.1, -0.05) is 58.4 Å². The van der Waals surface area contributed by atoms with Crippen LogP contribution in [0.3, 0.4) is 0 Å². The summed E-state index contributed by atoms with van der Waals surface area (Å²) in [5.74, 6) is 0.241. The SMILES string of the molecule is COc1ccc(C(=C2[C@H]3C=C[C@H]2[C@@H]2C(=O)N(c4ccc(C)c(Br)c4)C(=O)[C@H]23)c2ccc(OC)cc2)cc1. The van der Waals surface area contributed by atoms with E-state index < -0.39 is 11.8 Å². The summed E-state index contributed by atoms with van der Waals surface area (Å²) >= 11 is 3.54. The molecule has 0 aromatic heterocycles. The molecular formula is C31H26BrNO4. The minimum absolute atomic E-state index is 0.121.